The zero-order valence-corrected chi connectivity index (χ0v) is 14.4. The fraction of sp³-hybridized carbons (Fsp3) is 0.300. The van der Waals surface area contributed by atoms with Crippen molar-refractivity contribution in [3.63, 3.8) is 0 Å². The number of nitrogens with zero attached hydrogens (tertiary/aromatic N) is 2. The lowest BCUT2D eigenvalue weighted by molar-refractivity contribution is 0.0691. The molecule has 0 atom stereocenters. The first-order chi connectivity index (χ1) is 12.7. The topological polar surface area (TPSA) is 79.7 Å². The van der Waals surface area contributed by atoms with E-state index in [1.165, 1.54) is 5.56 Å². The van der Waals surface area contributed by atoms with Gasteiger partial charge in [0, 0.05) is 19.4 Å². The third kappa shape index (κ3) is 3.41. The number of aromatic nitrogens is 1. The molecule has 0 unspecified atom stereocenters. The Hall–Kier alpha value is -2.86. The van der Waals surface area contributed by atoms with E-state index in [2.05, 4.69) is 17.1 Å². The summed E-state index contributed by atoms with van der Waals surface area (Å²) in [5.41, 5.74) is 2.07. The first-order valence-corrected chi connectivity index (χ1v) is 8.73. The largest absolute Gasteiger partial charge is 0.453 e. The Labute approximate surface area is 151 Å². The van der Waals surface area contributed by atoms with E-state index in [9.17, 15) is 4.79 Å². The zero-order chi connectivity index (χ0) is 17.9. The minimum absolute atomic E-state index is 0.191. The first-order valence-electron chi connectivity index (χ1n) is 8.73. The van der Waals surface area contributed by atoms with Gasteiger partial charge in [0.2, 0.25) is 0 Å². The van der Waals surface area contributed by atoms with Crippen LogP contribution in [0.1, 0.15) is 39.2 Å². The van der Waals surface area contributed by atoms with Crippen LogP contribution in [0.4, 0.5) is 0 Å². The van der Waals surface area contributed by atoms with E-state index in [0.29, 0.717) is 31.2 Å². The number of oxazole rings is 1. The summed E-state index contributed by atoms with van der Waals surface area (Å²) in [5, 5.41) is 9.07. The molecule has 0 saturated heterocycles. The standard InChI is InChI=1S/C20H20N2O4/c23-13-15-7-8-18(25-15)20(24)22-11-10-17-16(12-22)21-19(26-17)9-6-14-4-2-1-3-5-14/h1-5,7-8,23H,6,9-13H2. The van der Waals surface area contributed by atoms with Crippen LogP contribution >= 0.6 is 0 Å². The Morgan fingerprint density at radius 3 is 2.73 bits per heavy atom. The molecule has 2 aromatic heterocycles. The molecule has 6 heteroatoms. The molecule has 3 heterocycles. The van der Waals surface area contributed by atoms with Crippen LogP contribution in [0.3, 0.4) is 0 Å². The van der Waals surface area contributed by atoms with Crippen molar-refractivity contribution in [2.75, 3.05) is 6.54 Å². The Balaban J connectivity index is 1.42. The summed E-state index contributed by atoms with van der Waals surface area (Å²) in [5.74, 6) is 2.02. The summed E-state index contributed by atoms with van der Waals surface area (Å²) < 4.78 is 11.2. The molecule has 1 aliphatic heterocycles. The van der Waals surface area contributed by atoms with E-state index in [4.69, 9.17) is 13.9 Å². The number of rotatable bonds is 5. The summed E-state index contributed by atoms with van der Waals surface area (Å²) in [7, 11) is 0. The van der Waals surface area contributed by atoms with Crippen LogP contribution in [0.5, 0.6) is 0 Å². The van der Waals surface area contributed by atoms with Gasteiger partial charge in [-0.1, -0.05) is 30.3 Å². The van der Waals surface area contributed by atoms with Crippen LogP contribution < -0.4 is 0 Å². The van der Waals surface area contributed by atoms with E-state index in [0.717, 1.165) is 24.3 Å². The third-order valence-electron chi connectivity index (χ3n) is 4.56. The average molecular weight is 352 g/mol. The van der Waals surface area contributed by atoms with Crippen molar-refractivity contribution >= 4 is 5.91 Å². The van der Waals surface area contributed by atoms with Crippen molar-refractivity contribution in [3.05, 3.63) is 76.9 Å². The molecule has 1 aromatic carbocycles. The maximum Gasteiger partial charge on any atom is 0.289 e. The molecule has 0 saturated carbocycles. The highest BCUT2D eigenvalue weighted by Crippen LogP contribution is 2.22. The minimum Gasteiger partial charge on any atom is -0.453 e. The Kier molecular flexibility index (Phi) is 4.58. The number of hydrogen-bond donors (Lipinski definition) is 1. The average Bonchev–Trinajstić information content (AvgIpc) is 3.32. The van der Waals surface area contributed by atoms with Gasteiger partial charge in [0.1, 0.15) is 23.8 Å². The normalized spacial score (nSPS) is 13.7. The molecular weight excluding hydrogens is 332 g/mol. The number of aryl methyl sites for hydroxylation is 2. The molecule has 134 valence electrons. The quantitative estimate of drug-likeness (QED) is 0.764. The van der Waals surface area contributed by atoms with Crippen LogP contribution in [0.2, 0.25) is 0 Å². The second kappa shape index (κ2) is 7.17. The van der Waals surface area contributed by atoms with Crippen molar-refractivity contribution in [1.29, 1.82) is 0 Å². The van der Waals surface area contributed by atoms with Gasteiger partial charge in [0.15, 0.2) is 11.7 Å². The molecule has 6 nitrogen and oxygen atoms in total. The van der Waals surface area contributed by atoms with Gasteiger partial charge >= 0.3 is 0 Å². The van der Waals surface area contributed by atoms with Crippen molar-refractivity contribution in [2.24, 2.45) is 0 Å². The molecule has 0 radical (unpaired) electrons. The van der Waals surface area contributed by atoms with Gasteiger partial charge in [-0.25, -0.2) is 4.98 Å². The van der Waals surface area contributed by atoms with Gasteiger partial charge in [0.25, 0.3) is 5.91 Å². The number of furan rings is 1. The molecule has 4 rings (SSSR count). The fourth-order valence-corrected chi connectivity index (χ4v) is 3.16. The van der Waals surface area contributed by atoms with Gasteiger partial charge in [0.05, 0.1) is 6.54 Å². The lowest BCUT2D eigenvalue weighted by Gasteiger charge is -2.24. The predicted molar refractivity (Wildman–Crippen MR) is 93.4 cm³/mol. The highest BCUT2D eigenvalue weighted by atomic mass is 16.4. The number of aliphatic hydroxyl groups is 1. The molecule has 1 amide bonds. The van der Waals surface area contributed by atoms with Crippen molar-refractivity contribution in [3.8, 4) is 0 Å². The second-order valence-electron chi connectivity index (χ2n) is 6.36. The summed E-state index contributed by atoms with van der Waals surface area (Å²) >= 11 is 0. The number of carbonyl (C=O) groups excluding carboxylic acids is 1. The third-order valence-corrected chi connectivity index (χ3v) is 4.56. The molecule has 0 spiro atoms. The van der Waals surface area contributed by atoms with Crippen molar-refractivity contribution in [2.45, 2.75) is 32.4 Å². The number of fused-ring (bicyclic) bond motifs is 1. The minimum atomic E-state index is -0.217. The van der Waals surface area contributed by atoms with Crippen LogP contribution in [-0.2, 0) is 32.4 Å². The van der Waals surface area contributed by atoms with E-state index in [-0.39, 0.29) is 18.3 Å². The fourth-order valence-electron chi connectivity index (χ4n) is 3.16. The van der Waals surface area contributed by atoms with Crippen LogP contribution in [0.15, 0.2) is 51.3 Å². The second-order valence-corrected chi connectivity index (χ2v) is 6.36. The van der Waals surface area contributed by atoms with Gasteiger partial charge in [-0.2, -0.15) is 0 Å². The smallest absolute Gasteiger partial charge is 0.289 e. The number of carbonyl (C=O) groups is 1. The Bertz CT molecular complexity index is 898. The van der Waals surface area contributed by atoms with Crippen LogP contribution in [0, 0.1) is 0 Å². The molecule has 26 heavy (non-hydrogen) atoms. The molecule has 0 bridgehead atoms. The molecule has 0 fully saturated rings. The highest BCUT2D eigenvalue weighted by molar-refractivity contribution is 5.91. The van der Waals surface area contributed by atoms with E-state index in [1.807, 2.05) is 18.2 Å². The SMILES string of the molecule is O=C(c1ccc(CO)o1)N1CCc2oc(CCc3ccccc3)nc2C1. The van der Waals surface area contributed by atoms with Gasteiger partial charge in [-0.15, -0.1) is 0 Å². The summed E-state index contributed by atoms with van der Waals surface area (Å²) in [6.45, 7) is 0.762. The van der Waals surface area contributed by atoms with E-state index >= 15 is 0 Å². The lowest BCUT2D eigenvalue weighted by atomic mass is 10.1. The molecule has 0 aliphatic carbocycles. The predicted octanol–water partition coefficient (Wildman–Crippen LogP) is 2.74. The number of hydrogen-bond acceptors (Lipinski definition) is 5. The first kappa shape index (κ1) is 16.6. The lowest BCUT2D eigenvalue weighted by Crippen LogP contribution is -2.35. The number of aliphatic hydroxyl groups excluding tert-OH is 1. The summed E-state index contributed by atoms with van der Waals surface area (Å²) in [6, 6.07) is 13.4. The van der Waals surface area contributed by atoms with Crippen molar-refractivity contribution in [1.82, 2.24) is 9.88 Å². The number of amides is 1. The van der Waals surface area contributed by atoms with E-state index in [1.54, 1.807) is 17.0 Å². The van der Waals surface area contributed by atoms with Gasteiger partial charge < -0.3 is 18.8 Å². The van der Waals surface area contributed by atoms with Gasteiger partial charge in [-0.05, 0) is 24.1 Å². The summed E-state index contributed by atoms with van der Waals surface area (Å²) in [6.07, 6.45) is 2.26. The zero-order valence-electron chi connectivity index (χ0n) is 14.4. The van der Waals surface area contributed by atoms with Crippen LogP contribution in [-0.4, -0.2) is 27.4 Å². The molecular formula is C20H20N2O4. The maximum absolute atomic E-state index is 12.5. The van der Waals surface area contributed by atoms with Crippen LogP contribution in [0.25, 0.3) is 0 Å². The molecule has 1 N–H and O–H groups in total. The summed E-state index contributed by atoms with van der Waals surface area (Å²) in [4.78, 5) is 18.8. The Morgan fingerprint density at radius 1 is 1.12 bits per heavy atom. The Morgan fingerprint density at radius 2 is 1.96 bits per heavy atom. The number of benzene rings is 1. The van der Waals surface area contributed by atoms with E-state index < -0.39 is 0 Å². The van der Waals surface area contributed by atoms with Gasteiger partial charge in [-0.3, -0.25) is 4.79 Å². The maximum atomic E-state index is 12.5. The van der Waals surface area contributed by atoms with Crippen molar-refractivity contribution < 1.29 is 18.7 Å². The highest BCUT2D eigenvalue weighted by Gasteiger charge is 2.27. The molecule has 3 aromatic rings. The monoisotopic (exact) mass is 352 g/mol. The molecule has 1 aliphatic rings.